The van der Waals surface area contributed by atoms with Gasteiger partial charge in [-0.1, -0.05) is 47.1 Å². The number of carbonyl (C=O) groups is 2. The summed E-state index contributed by atoms with van der Waals surface area (Å²) in [4.78, 5) is 34.6. The van der Waals surface area contributed by atoms with E-state index in [1.165, 1.54) is 25.3 Å². The van der Waals surface area contributed by atoms with Crippen molar-refractivity contribution in [3.8, 4) is 0 Å². The van der Waals surface area contributed by atoms with Crippen molar-refractivity contribution < 1.29 is 19.2 Å². The number of methoxy groups -OCH3 is 1. The van der Waals surface area contributed by atoms with Crippen LogP contribution in [0.2, 0.25) is 10.0 Å². The van der Waals surface area contributed by atoms with Crippen LogP contribution >= 0.6 is 46.3 Å². The zero-order valence-corrected chi connectivity index (χ0v) is 16.9. The molecule has 0 atom stereocenters. The number of ether oxygens (including phenoxy) is 1. The lowest BCUT2D eigenvalue weighted by molar-refractivity contribution is -0.387. The lowest BCUT2D eigenvalue weighted by atomic mass is 10.4. The van der Waals surface area contributed by atoms with Gasteiger partial charge in [0, 0.05) is 23.6 Å². The Bertz CT molecular complexity index is 914. The normalized spacial score (nSPS) is 10.8. The molecular weight excluding hydrogens is 435 g/mol. The van der Waals surface area contributed by atoms with E-state index in [1.807, 2.05) is 0 Å². The van der Waals surface area contributed by atoms with E-state index in [9.17, 15) is 19.7 Å². The Morgan fingerprint density at radius 1 is 1.41 bits per heavy atom. The smallest absolute Gasteiger partial charge is 0.330 e. The van der Waals surface area contributed by atoms with Crippen molar-refractivity contribution in [3.05, 3.63) is 61.5 Å². The predicted octanol–water partition coefficient (Wildman–Crippen LogP) is 4.57. The lowest BCUT2D eigenvalue weighted by Gasteiger charge is -2.03. The molecule has 2 aromatic rings. The van der Waals surface area contributed by atoms with Gasteiger partial charge in [0.15, 0.2) is 0 Å². The first-order valence-electron chi connectivity index (χ1n) is 7.26. The van der Waals surface area contributed by atoms with E-state index < -0.39 is 16.8 Å². The molecule has 1 amide bonds. The third kappa shape index (κ3) is 5.70. The SMILES string of the molecule is COC(=O)/C=C/CNC(=O)c1cc([N+](=O)[O-])c(Sc2cccc(Cl)c2Cl)s1. The van der Waals surface area contributed by atoms with Crippen LogP contribution < -0.4 is 5.32 Å². The van der Waals surface area contributed by atoms with Crippen LogP contribution in [-0.2, 0) is 9.53 Å². The zero-order chi connectivity index (χ0) is 20.0. The van der Waals surface area contributed by atoms with E-state index in [-0.39, 0.29) is 22.1 Å². The summed E-state index contributed by atoms with van der Waals surface area (Å²) in [5, 5.41) is 14.5. The highest BCUT2D eigenvalue weighted by Crippen LogP contribution is 2.44. The quantitative estimate of drug-likeness (QED) is 0.289. The number of nitrogens with one attached hydrogen (secondary N) is 1. The molecule has 0 spiro atoms. The fourth-order valence-corrected chi connectivity index (χ4v) is 4.54. The van der Waals surface area contributed by atoms with Gasteiger partial charge in [0.1, 0.15) is 9.09 Å². The molecule has 0 fully saturated rings. The van der Waals surface area contributed by atoms with Gasteiger partial charge in [-0.3, -0.25) is 14.9 Å². The number of hydrogen-bond donors (Lipinski definition) is 1. The van der Waals surface area contributed by atoms with Crippen molar-refractivity contribution in [2.24, 2.45) is 0 Å². The molecule has 11 heteroatoms. The van der Waals surface area contributed by atoms with Crippen LogP contribution in [0.3, 0.4) is 0 Å². The number of benzene rings is 1. The van der Waals surface area contributed by atoms with Crippen molar-refractivity contribution in [2.75, 3.05) is 13.7 Å². The number of carbonyl (C=O) groups excluding carboxylic acids is 2. The summed E-state index contributed by atoms with van der Waals surface area (Å²) in [5.41, 5.74) is -0.198. The molecule has 0 radical (unpaired) electrons. The maximum Gasteiger partial charge on any atom is 0.330 e. The third-order valence-electron chi connectivity index (χ3n) is 3.05. The number of nitro groups is 1. The minimum atomic E-state index is -0.564. The molecule has 0 aliphatic rings. The summed E-state index contributed by atoms with van der Waals surface area (Å²) in [7, 11) is 1.24. The van der Waals surface area contributed by atoms with E-state index in [0.29, 0.717) is 14.1 Å². The van der Waals surface area contributed by atoms with E-state index in [0.717, 1.165) is 23.1 Å². The molecule has 1 N–H and O–H groups in total. The topological polar surface area (TPSA) is 98.5 Å². The summed E-state index contributed by atoms with van der Waals surface area (Å²) in [6.45, 7) is 0.0717. The van der Waals surface area contributed by atoms with Crippen LogP contribution in [-0.4, -0.2) is 30.5 Å². The Morgan fingerprint density at radius 3 is 2.81 bits per heavy atom. The first-order valence-corrected chi connectivity index (χ1v) is 9.65. The fourth-order valence-electron chi connectivity index (χ4n) is 1.80. The van der Waals surface area contributed by atoms with Gasteiger partial charge in [-0.25, -0.2) is 4.79 Å². The first-order chi connectivity index (χ1) is 12.8. The Morgan fingerprint density at radius 2 is 2.15 bits per heavy atom. The summed E-state index contributed by atoms with van der Waals surface area (Å²) < 4.78 is 4.73. The Balaban J connectivity index is 2.18. The van der Waals surface area contributed by atoms with Crippen molar-refractivity contribution in [1.29, 1.82) is 0 Å². The summed E-state index contributed by atoms with van der Waals surface area (Å²) >= 11 is 14.1. The highest BCUT2D eigenvalue weighted by Gasteiger charge is 2.24. The molecule has 0 unspecified atom stereocenters. The average molecular weight is 447 g/mol. The molecule has 0 bridgehead atoms. The standard InChI is InChI=1S/C16H12Cl2N2O5S2/c1-25-13(21)6-3-7-19-15(22)12-8-10(20(23)24)16(27-12)26-11-5-2-4-9(17)14(11)18/h2-6,8H,7H2,1H3,(H,19,22)/b6-3+. The van der Waals surface area contributed by atoms with Gasteiger partial charge in [-0.05, 0) is 12.1 Å². The van der Waals surface area contributed by atoms with E-state index in [4.69, 9.17) is 23.2 Å². The number of esters is 1. The molecule has 1 aromatic heterocycles. The van der Waals surface area contributed by atoms with Crippen molar-refractivity contribution in [2.45, 2.75) is 9.10 Å². The molecule has 1 aromatic carbocycles. The Labute approximate surface area is 172 Å². The van der Waals surface area contributed by atoms with Crippen LogP contribution in [0.1, 0.15) is 9.67 Å². The van der Waals surface area contributed by atoms with Crippen LogP contribution in [0, 0.1) is 10.1 Å². The predicted molar refractivity (Wildman–Crippen MR) is 105 cm³/mol. The summed E-state index contributed by atoms with van der Waals surface area (Å²) in [5.74, 6) is -1.05. The number of thiophene rings is 1. The second-order valence-electron chi connectivity index (χ2n) is 4.83. The van der Waals surface area contributed by atoms with Gasteiger partial charge < -0.3 is 10.1 Å². The minimum Gasteiger partial charge on any atom is -0.466 e. The Kier molecular flexibility index (Phi) is 7.66. The van der Waals surface area contributed by atoms with E-state index >= 15 is 0 Å². The average Bonchev–Trinajstić information content (AvgIpc) is 3.06. The molecule has 27 heavy (non-hydrogen) atoms. The molecule has 0 saturated carbocycles. The second-order valence-corrected chi connectivity index (χ2v) is 7.98. The number of halogens is 2. The summed E-state index contributed by atoms with van der Waals surface area (Å²) in [6.07, 6.45) is 2.58. The molecular formula is C16H12Cl2N2O5S2. The molecule has 0 aliphatic heterocycles. The van der Waals surface area contributed by atoms with Gasteiger partial charge >= 0.3 is 5.97 Å². The second kappa shape index (κ2) is 9.75. The van der Waals surface area contributed by atoms with Gasteiger partial charge in [0.2, 0.25) is 0 Å². The maximum absolute atomic E-state index is 12.2. The number of nitrogens with zero attached hydrogens (tertiary/aromatic N) is 1. The Hall–Kier alpha value is -2.07. The maximum atomic E-state index is 12.2. The highest BCUT2D eigenvalue weighted by atomic mass is 35.5. The zero-order valence-electron chi connectivity index (χ0n) is 13.7. The van der Waals surface area contributed by atoms with Crippen LogP contribution in [0.5, 0.6) is 0 Å². The van der Waals surface area contributed by atoms with Crippen molar-refractivity contribution in [1.82, 2.24) is 5.32 Å². The van der Waals surface area contributed by atoms with Crippen molar-refractivity contribution >= 4 is 63.9 Å². The van der Waals surface area contributed by atoms with E-state index in [2.05, 4.69) is 10.1 Å². The highest BCUT2D eigenvalue weighted by molar-refractivity contribution is 8.01. The van der Waals surface area contributed by atoms with Gasteiger partial charge in [-0.2, -0.15) is 0 Å². The lowest BCUT2D eigenvalue weighted by Crippen LogP contribution is -2.22. The fraction of sp³-hybridized carbons (Fsp3) is 0.125. The van der Waals surface area contributed by atoms with Gasteiger partial charge in [0.25, 0.3) is 11.6 Å². The minimum absolute atomic E-state index is 0.0717. The molecule has 7 nitrogen and oxygen atoms in total. The number of rotatable bonds is 7. The largest absolute Gasteiger partial charge is 0.466 e. The third-order valence-corrected chi connectivity index (χ3v) is 6.36. The van der Waals surface area contributed by atoms with Crippen LogP contribution in [0.4, 0.5) is 5.69 Å². The van der Waals surface area contributed by atoms with Gasteiger partial charge in [0.05, 0.1) is 22.1 Å². The van der Waals surface area contributed by atoms with Crippen LogP contribution in [0.15, 0.2) is 45.5 Å². The molecule has 1 heterocycles. The van der Waals surface area contributed by atoms with E-state index in [1.54, 1.807) is 18.2 Å². The molecule has 0 saturated heterocycles. The number of amides is 1. The monoisotopic (exact) mass is 446 g/mol. The summed E-state index contributed by atoms with van der Waals surface area (Å²) in [6, 6.07) is 6.17. The van der Waals surface area contributed by atoms with Gasteiger partial charge in [-0.15, -0.1) is 11.3 Å². The molecule has 2 rings (SSSR count). The molecule has 0 aliphatic carbocycles. The molecule has 142 valence electrons. The number of hydrogen-bond acceptors (Lipinski definition) is 7. The first kappa shape index (κ1) is 21.2. The van der Waals surface area contributed by atoms with Crippen LogP contribution in [0.25, 0.3) is 0 Å². The van der Waals surface area contributed by atoms with Crippen molar-refractivity contribution in [3.63, 3.8) is 0 Å².